The van der Waals surface area contributed by atoms with Crippen molar-refractivity contribution < 1.29 is 4.74 Å². The number of nitrogens with one attached hydrogen (secondary N) is 1. The first kappa shape index (κ1) is 11.2. The lowest BCUT2D eigenvalue weighted by Gasteiger charge is -2.07. The van der Waals surface area contributed by atoms with Gasteiger partial charge in [0, 0.05) is 19.7 Å². The summed E-state index contributed by atoms with van der Waals surface area (Å²) in [6, 6.07) is 1.85. The van der Waals surface area contributed by atoms with Crippen molar-refractivity contribution in [1.29, 1.82) is 0 Å². The zero-order chi connectivity index (χ0) is 11.4. The predicted molar refractivity (Wildman–Crippen MR) is 62.9 cm³/mol. The Bertz CT molecular complexity index is 472. The summed E-state index contributed by atoms with van der Waals surface area (Å²) in [5.41, 5.74) is 0.791. The van der Waals surface area contributed by atoms with Crippen LogP contribution in [0.15, 0.2) is 17.4 Å². The molecule has 0 aliphatic carbocycles. The molecule has 1 N–H and O–H groups in total. The minimum absolute atomic E-state index is 0.626. The van der Waals surface area contributed by atoms with Gasteiger partial charge in [0.25, 0.3) is 0 Å². The molecule has 0 atom stereocenters. The molecule has 0 radical (unpaired) electrons. The van der Waals surface area contributed by atoms with Gasteiger partial charge >= 0.3 is 0 Å². The Morgan fingerprint density at radius 1 is 1.50 bits per heavy atom. The first-order valence-corrected chi connectivity index (χ1v) is 6.06. The monoisotopic (exact) mass is 239 g/mol. The Kier molecular flexibility index (Phi) is 3.58. The van der Waals surface area contributed by atoms with Gasteiger partial charge in [-0.15, -0.1) is 0 Å². The molecule has 2 aromatic rings. The number of nitrogens with zero attached hydrogens (tertiary/aromatic N) is 4. The Morgan fingerprint density at radius 3 is 3.12 bits per heavy atom. The molecule has 0 aliphatic rings. The van der Waals surface area contributed by atoms with Crippen LogP contribution in [0, 0.1) is 0 Å². The Hall–Kier alpha value is -1.34. The summed E-state index contributed by atoms with van der Waals surface area (Å²) < 4.78 is 6.65. The highest BCUT2D eigenvalue weighted by Gasteiger charge is 2.06. The number of thioether (sulfide) groups is 1. The molecule has 0 amide bonds. The van der Waals surface area contributed by atoms with Gasteiger partial charge in [0.2, 0.25) is 5.95 Å². The number of hydrogen-bond donors (Lipinski definition) is 1. The van der Waals surface area contributed by atoms with Crippen LogP contribution in [0.1, 0.15) is 0 Å². The van der Waals surface area contributed by atoms with Crippen LogP contribution in [-0.2, 0) is 4.74 Å². The van der Waals surface area contributed by atoms with E-state index in [4.69, 9.17) is 4.74 Å². The van der Waals surface area contributed by atoms with Crippen LogP contribution in [0.3, 0.4) is 0 Å². The fourth-order valence-corrected chi connectivity index (χ4v) is 1.64. The third kappa shape index (κ3) is 2.25. The minimum Gasteiger partial charge on any atom is -0.383 e. The van der Waals surface area contributed by atoms with E-state index in [1.807, 2.05) is 12.3 Å². The number of rotatable bonds is 5. The predicted octanol–water partition coefficient (Wildman–Crippen LogP) is 0.904. The average molecular weight is 239 g/mol. The van der Waals surface area contributed by atoms with Crippen molar-refractivity contribution in [2.45, 2.75) is 5.16 Å². The maximum absolute atomic E-state index is 4.97. The topological polar surface area (TPSA) is 64.3 Å². The molecule has 0 aliphatic heterocycles. The lowest BCUT2D eigenvalue weighted by molar-refractivity contribution is 0.210. The van der Waals surface area contributed by atoms with Gasteiger partial charge in [-0.05, 0) is 6.26 Å². The number of anilines is 1. The van der Waals surface area contributed by atoms with Gasteiger partial charge in [-0.2, -0.15) is 14.6 Å². The van der Waals surface area contributed by atoms with E-state index in [0.29, 0.717) is 19.1 Å². The lowest BCUT2D eigenvalue weighted by atomic mass is 10.6. The van der Waals surface area contributed by atoms with Crippen LogP contribution < -0.4 is 5.32 Å². The van der Waals surface area contributed by atoms with Crippen LogP contribution >= 0.6 is 11.8 Å². The lowest BCUT2D eigenvalue weighted by Crippen LogP contribution is -2.13. The van der Waals surface area contributed by atoms with Crippen LogP contribution in [0.25, 0.3) is 5.65 Å². The summed E-state index contributed by atoms with van der Waals surface area (Å²) in [5.74, 6) is 0.691. The highest BCUT2D eigenvalue weighted by molar-refractivity contribution is 7.98. The number of aromatic nitrogens is 4. The summed E-state index contributed by atoms with van der Waals surface area (Å²) in [6.07, 6.45) is 3.65. The quantitative estimate of drug-likeness (QED) is 0.618. The first-order chi connectivity index (χ1) is 7.85. The van der Waals surface area contributed by atoms with Gasteiger partial charge in [0.05, 0.1) is 12.8 Å². The van der Waals surface area contributed by atoms with Crippen molar-refractivity contribution >= 4 is 23.4 Å². The Balaban J connectivity index is 2.29. The molecule has 16 heavy (non-hydrogen) atoms. The third-order valence-electron chi connectivity index (χ3n) is 2.01. The van der Waals surface area contributed by atoms with E-state index in [-0.39, 0.29) is 0 Å². The molecule has 2 heterocycles. The minimum atomic E-state index is 0.626. The van der Waals surface area contributed by atoms with Crippen molar-refractivity contribution in [2.75, 3.05) is 31.8 Å². The van der Waals surface area contributed by atoms with Crippen LogP contribution in [0.5, 0.6) is 0 Å². The van der Waals surface area contributed by atoms with Gasteiger partial charge in [0.15, 0.2) is 10.8 Å². The molecule has 0 saturated carbocycles. The molecule has 2 aromatic heterocycles. The number of hydrogen-bond acceptors (Lipinski definition) is 6. The van der Waals surface area contributed by atoms with Gasteiger partial charge < -0.3 is 10.1 Å². The summed E-state index contributed by atoms with van der Waals surface area (Å²) >= 11 is 1.51. The van der Waals surface area contributed by atoms with Gasteiger partial charge in [-0.3, -0.25) is 0 Å². The molecular formula is C9H13N5OS. The zero-order valence-electron chi connectivity index (χ0n) is 9.17. The second-order valence-corrected chi connectivity index (χ2v) is 3.83. The van der Waals surface area contributed by atoms with Crippen molar-refractivity contribution in [3.8, 4) is 0 Å². The van der Waals surface area contributed by atoms with E-state index in [0.717, 1.165) is 10.8 Å². The molecule has 0 unspecified atom stereocenters. The molecule has 0 saturated heterocycles. The fourth-order valence-electron chi connectivity index (χ4n) is 1.28. The smallest absolute Gasteiger partial charge is 0.228 e. The fraction of sp³-hybridized carbons (Fsp3) is 0.444. The van der Waals surface area contributed by atoms with Crippen molar-refractivity contribution in [2.24, 2.45) is 0 Å². The highest BCUT2D eigenvalue weighted by atomic mass is 32.2. The van der Waals surface area contributed by atoms with E-state index >= 15 is 0 Å². The van der Waals surface area contributed by atoms with E-state index in [9.17, 15) is 0 Å². The van der Waals surface area contributed by atoms with Crippen LogP contribution in [0.2, 0.25) is 0 Å². The van der Waals surface area contributed by atoms with E-state index in [1.165, 1.54) is 11.8 Å². The largest absolute Gasteiger partial charge is 0.383 e. The van der Waals surface area contributed by atoms with E-state index in [2.05, 4.69) is 20.4 Å². The second kappa shape index (κ2) is 5.13. The summed E-state index contributed by atoms with van der Waals surface area (Å²) in [4.78, 5) is 8.67. The molecular weight excluding hydrogens is 226 g/mol. The van der Waals surface area contributed by atoms with E-state index in [1.54, 1.807) is 17.8 Å². The summed E-state index contributed by atoms with van der Waals surface area (Å²) in [7, 11) is 1.67. The first-order valence-electron chi connectivity index (χ1n) is 4.83. The van der Waals surface area contributed by atoms with E-state index < -0.39 is 0 Å². The summed E-state index contributed by atoms with van der Waals surface area (Å²) in [6.45, 7) is 1.32. The van der Waals surface area contributed by atoms with Crippen LogP contribution in [0.4, 0.5) is 5.95 Å². The van der Waals surface area contributed by atoms with Gasteiger partial charge in [0.1, 0.15) is 0 Å². The van der Waals surface area contributed by atoms with Crippen LogP contribution in [-0.4, -0.2) is 46.1 Å². The normalized spacial score (nSPS) is 10.9. The van der Waals surface area contributed by atoms with Crippen molar-refractivity contribution in [3.05, 3.63) is 12.3 Å². The van der Waals surface area contributed by atoms with Gasteiger partial charge in [-0.1, -0.05) is 11.8 Å². The molecule has 0 bridgehead atoms. The van der Waals surface area contributed by atoms with Crippen molar-refractivity contribution in [3.63, 3.8) is 0 Å². The highest BCUT2D eigenvalue weighted by Crippen LogP contribution is 2.14. The average Bonchev–Trinajstić information content (AvgIpc) is 2.77. The molecule has 2 rings (SSSR count). The maximum Gasteiger partial charge on any atom is 0.228 e. The third-order valence-corrected chi connectivity index (χ3v) is 2.55. The SMILES string of the molecule is COCCNc1nc(SC)nc2ccnn12. The Morgan fingerprint density at radius 2 is 2.38 bits per heavy atom. The second-order valence-electron chi connectivity index (χ2n) is 3.05. The molecule has 7 heteroatoms. The van der Waals surface area contributed by atoms with Gasteiger partial charge in [-0.25, -0.2) is 4.98 Å². The number of fused-ring (bicyclic) bond motifs is 1. The van der Waals surface area contributed by atoms with Crippen molar-refractivity contribution in [1.82, 2.24) is 19.6 Å². The Labute approximate surface area is 97.4 Å². The zero-order valence-corrected chi connectivity index (χ0v) is 9.99. The standard InChI is InChI=1S/C9H13N5OS/c1-15-6-5-10-8-13-9(16-2)12-7-3-4-11-14(7)8/h3-4H,5-6H2,1-2H3,(H,10,12,13). The molecule has 0 fully saturated rings. The molecule has 6 nitrogen and oxygen atoms in total. The maximum atomic E-state index is 4.97. The number of methoxy groups -OCH3 is 1. The molecule has 0 spiro atoms. The molecule has 86 valence electrons. The molecule has 0 aromatic carbocycles. The number of ether oxygens (including phenoxy) is 1. The summed E-state index contributed by atoms with van der Waals surface area (Å²) in [5, 5.41) is 8.04.